The lowest BCUT2D eigenvalue weighted by atomic mass is 10.3. The van der Waals surface area contributed by atoms with Crippen LogP contribution in [0.25, 0.3) is 0 Å². The molecule has 0 unspecified atom stereocenters. The van der Waals surface area contributed by atoms with Crippen LogP contribution in [0.3, 0.4) is 0 Å². The SMILES string of the molecule is Cc1cc(N2CCOCC2)nc(N2CCN(S(=O)(=O)CCC(F)(F)F)CC2)n1. The summed E-state index contributed by atoms with van der Waals surface area (Å²) < 4.78 is 67.8. The number of aromatic nitrogens is 2. The third-order valence-corrected chi connectivity index (χ3v) is 6.59. The molecule has 0 aliphatic carbocycles. The van der Waals surface area contributed by atoms with Gasteiger partial charge in [-0.25, -0.2) is 13.4 Å². The Morgan fingerprint density at radius 2 is 1.68 bits per heavy atom. The molecule has 0 radical (unpaired) electrons. The second-order valence-electron chi connectivity index (χ2n) is 6.83. The predicted molar refractivity (Wildman–Crippen MR) is 98.0 cm³/mol. The van der Waals surface area contributed by atoms with Crippen molar-refractivity contribution < 1.29 is 26.3 Å². The van der Waals surface area contributed by atoms with Gasteiger partial charge in [0.2, 0.25) is 16.0 Å². The lowest BCUT2D eigenvalue weighted by Crippen LogP contribution is -2.50. The Bertz CT molecular complexity index is 776. The zero-order valence-electron chi connectivity index (χ0n) is 15.7. The van der Waals surface area contributed by atoms with Crippen LogP contribution in [-0.2, 0) is 14.8 Å². The zero-order valence-corrected chi connectivity index (χ0v) is 16.5. The highest BCUT2D eigenvalue weighted by atomic mass is 32.2. The van der Waals surface area contributed by atoms with E-state index in [2.05, 4.69) is 14.9 Å². The van der Waals surface area contributed by atoms with E-state index in [1.54, 1.807) is 0 Å². The van der Waals surface area contributed by atoms with Gasteiger partial charge in [-0.15, -0.1) is 0 Å². The smallest absolute Gasteiger partial charge is 0.378 e. The average molecular weight is 423 g/mol. The van der Waals surface area contributed by atoms with Gasteiger partial charge in [0.05, 0.1) is 25.4 Å². The fourth-order valence-corrected chi connectivity index (χ4v) is 4.64. The highest BCUT2D eigenvalue weighted by molar-refractivity contribution is 7.89. The molecule has 2 aliphatic heterocycles. The Morgan fingerprint density at radius 1 is 1.04 bits per heavy atom. The fourth-order valence-electron chi connectivity index (χ4n) is 3.17. The van der Waals surface area contributed by atoms with Crippen molar-refractivity contribution in [2.24, 2.45) is 0 Å². The second-order valence-corrected chi connectivity index (χ2v) is 8.92. The number of ether oxygens (including phenoxy) is 1. The summed E-state index contributed by atoms with van der Waals surface area (Å²) in [5, 5.41) is 0. The highest BCUT2D eigenvalue weighted by Crippen LogP contribution is 2.23. The minimum atomic E-state index is -4.49. The summed E-state index contributed by atoms with van der Waals surface area (Å²) in [6, 6.07) is 1.90. The molecule has 0 saturated carbocycles. The molecule has 1 aromatic heterocycles. The molecule has 0 spiro atoms. The number of hydrogen-bond acceptors (Lipinski definition) is 7. The van der Waals surface area contributed by atoms with Crippen molar-refractivity contribution in [3.05, 3.63) is 11.8 Å². The van der Waals surface area contributed by atoms with Gasteiger partial charge in [-0.05, 0) is 6.92 Å². The van der Waals surface area contributed by atoms with E-state index < -0.39 is 28.4 Å². The number of halogens is 3. The topological polar surface area (TPSA) is 78.9 Å². The number of alkyl halides is 3. The van der Waals surface area contributed by atoms with E-state index in [4.69, 9.17) is 4.74 Å². The van der Waals surface area contributed by atoms with Gasteiger partial charge in [-0.1, -0.05) is 0 Å². The molecule has 0 N–H and O–H groups in total. The molecule has 8 nitrogen and oxygen atoms in total. The molecule has 3 rings (SSSR count). The minimum absolute atomic E-state index is 0.115. The third kappa shape index (κ3) is 5.45. The van der Waals surface area contributed by atoms with Crippen LogP contribution in [0.5, 0.6) is 0 Å². The average Bonchev–Trinajstić information content (AvgIpc) is 2.66. The van der Waals surface area contributed by atoms with Crippen LogP contribution >= 0.6 is 0 Å². The van der Waals surface area contributed by atoms with Crippen LogP contribution in [0.15, 0.2) is 6.07 Å². The molecule has 0 bridgehead atoms. The molecule has 3 heterocycles. The summed E-state index contributed by atoms with van der Waals surface area (Å²) in [6.07, 6.45) is -5.82. The van der Waals surface area contributed by atoms with Crippen molar-refractivity contribution in [2.75, 3.05) is 68.0 Å². The van der Waals surface area contributed by atoms with Gasteiger partial charge < -0.3 is 14.5 Å². The minimum Gasteiger partial charge on any atom is -0.378 e. The molecule has 1 aromatic rings. The number of piperazine rings is 1. The molecule has 12 heteroatoms. The standard InChI is InChI=1S/C16H24F3N5O3S/c1-13-12-14(22-7-9-27-10-8-22)21-15(20-13)23-3-5-24(6-4-23)28(25,26)11-2-16(17,18)19/h12H,2-11H2,1H3. The Kier molecular flexibility index (Phi) is 6.30. The van der Waals surface area contributed by atoms with Crippen LogP contribution in [-0.4, -0.2) is 87.1 Å². The van der Waals surface area contributed by atoms with E-state index in [0.717, 1.165) is 28.9 Å². The molecule has 0 atom stereocenters. The molecular formula is C16H24F3N5O3S. The molecule has 0 amide bonds. The van der Waals surface area contributed by atoms with Crippen molar-refractivity contribution in [2.45, 2.75) is 19.5 Å². The van der Waals surface area contributed by atoms with Gasteiger partial charge in [0, 0.05) is 51.0 Å². The summed E-state index contributed by atoms with van der Waals surface area (Å²) in [5.41, 5.74) is 0.798. The number of rotatable bonds is 5. The molecule has 2 saturated heterocycles. The van der Waals surface area contributed by atoms with Crippen molar-refractivity contribution in [1.82, 2.24) is 14.3 Å². The number of anilines is 2. The summed E-state index contributed by atoms with van der Waals surface area (Å²) >= 11 is 0. The third-order valence-electron chi connectivity index (χ3n) is 4.72. The molecular weight excluding hydrogens is 399 g/mol. The molecule has 0 aromatic carbocycles. The van der Waals surface area contributed by atoms with Crippen molar-refractivity contribution in [3.63, 3.8) is 0 Å². The molecule has 28 heavy (non-hydrogen) atoms. The maximum Gasteiger partial charge on any atom is 0.390 e. The van der Waals surface area contributed by atoms with Crippen molar-refractivity contribution >= 4 is 21.8 Å². The highest BCUT2D eigenvalue weighted by Gasteiger charge is 2.34. The second kappa shape index (κ2) is 8.37. The molecule has 2 fully saturated rings. The number of aryl methyl sites for hydroxylation is 1. The Balaban J connectivity index is 1.64. The maximum absolute atomic E-state index is 12.3. The number of nitrogens with zero attached hydrogens (tertiary/aromatic N) is 5. The Morgan fingerprint density at radius 3 is 2.29 bits per heavy atom. The number of hydrogen-bond donors (Lipinski definition) is 0. The van der Waals surface area contributed by atoms with Gasteiger partial charge in [0.15, 0.2) is 0 Å². The predicted octanol–water partition coefficient (Wildman–Crippen LogP) is 1.03. The van der Waals surface area contributed by atoms with E-state index in [1.807, 2.05) is 17.9 Å². The lowest BCUT2D eigenvalue weighted by Gasteiger charge is -2.35. The van der Waals surface area contributed by atoms with Gasteiger partial charge in [-0.2, -0.15) is 22.5 Å². The number of sulfonamides is 1. The first kappa shape index (κ1) is 21.1. The Hall–Kier alpha value is -1.66. The summed E-state index contributed by atoms with van der Waals surface area (Å²) in [7, 11) is -3.93. The van der Waals surface area contributed by atoms with Crippen molar-refractivity contribution in [1.29, 1.82) is 0 Å². The first-order valence-electron chi connectivity index (χ1n) is 9.12. The largest absolute Gasteiger partial charge is 0.390 e. The van der Waals surface area contributed by atoms with Crippen LogP contribution < -0.4 is 9.80 Å². The molecule has 2 aliphatic rings. The monoisotopic (exact) mass is 423 g/mol. The van der Waals surface area contributed by atoms with E-state index in [9.17, 15) is 21.6 Å². The van der Waals surface area contributed by atoms with Gasteiger partial charge in [-0.3, -0.25) is 0 Å². The van der Waals surface area contributed by atoms with E-state index in [1.165, 1.54) is 0 Å². The van der Waals surface area contributed by atoms with Crippen LogP contribution in [0.4, 0.5) is 24.9 Å². The van der Waals surface area contributed by atoms with Crippen LogP contribution in [0, 0.1) is 6.92 Å². The van der Waals surface area contributed by atoms with Crippen molar-refractivity contribution in [3.8, 4) is 0 Å². The van der Waals surface area contributed by atoms with Crippen LogP contribution in [0.1, 0.15) is 12.1 Å². The normalized spacial score (nSPS) is 19.9. The summed E-state index contributed by atoms with van der Waals surface area (Å²) in [5.74, 6) is 0.387. The van der Waals surface area contributed by atoms with Gasteiger partial charge >= 0.3 is 6.18 Å². The number of morpholine rings is 1. The maximum atomic E-state index is 12.3. The molecule has 158 valence electrons. The fraction of sp³-hybridized carbons (Fsp3) is 0.750. The lowest BCUT2D eigenvalue weighted by molar-refractivity contribution is -0.130. The first-order chi connectivity index (χ1) is 13.1. The van der Waals surface area contributed by atoms with E-state index >= 15 is 0 Å². The Labute approximate surface area is 162 Å². The van der Waals surface area contributed by atoms with E-state index in [-0.39, 0.29) is 13.1 Å². The zero-order chi connectivity index (χ0) is 20.4. The first-order valence-corrected chi connectivity index (χ1v) is 10.7. The van der Waals surface area contributed by atoms with Crippen LogP contribution in [0.2, 0.25) is 0 Å². The van der Waals surface area contributed by atoms with E-state index in [0.29, 0.717) is 32.3 Å². The quantitative estimate of drug-likeness (QED) is 0.700. The summed E-state index contributed by atoms with van der Waals surface area (Å²) in [4.78, 5) is 13.0. The summed E-state index contributed by atoms with van der Waals surface area (Å²) in [6.45, 7) is 5.50. The van der Waals surface area contributed by atoms with Gasteiger partial charge in [0.1, 0.15) is 5.82 Å². The van der Waals surface area contributed by atoms with Gasteiger partial charge in [0.25, 0.3) is 0 Å².